The smallest absolute Gasteiger partial charge is 0.303 e. The zero-order valence-electron chi connectivity index (χ0n) is 12.0. The summed E-state index contributed by atoms with van der Waals surface area (Å²) in [5.74, 6) is 0.107. The number of nitrogens with zero attached hydrogens (tertiary/aromatic N) is 1. The van der Waals surface area contributed by atoms with E-state index in [-0.39, 0.29) is 12.5 Å². The average Bonchev–Trinajstić information content (AvgIpc) is 2.88. The molecule has 0 aliphatic carbocycles. The minimum atomic E-state index is -0.712. The number of phenols is 1. The first-order valence-corrected chi connectivity index (χ1v) is 7.35. The Morgan fingerprint density at radius 1 is 1.45 bits per heavy atom. The molecule has 0 amide bonds. The van der Waals surface area contributed by atoms with Crippen LogP contribution in [0.2, 0.25) is 0 Å². The number of carboxylic acid groups (broad SMARTS) is 1. The quantitative estimate of drug-likeness (QED) is 0.839. The van der Waals surface area contributed by atoms with Crippen molar-refractivity contribution >= 4 is 5.97 Å². The van der Waals surface area contributed by atoms with Crippen molar-refractivity contribution in [1.82, 2.24) is 4.90 Å². The Labute approximate surface area is 120 Å². The van der Waals surface area contributed by atoms with Crippen molar-refractivity contribution in [1.29, 1.82) is 0 Å². The maximum Gasteiger partial charge on any atom is 0.303 e. The molecule has 2 atom stereocenters. The van der Waals surface area contributed by atoms with E-state index in [4.69, 9.17) is 5.11 Å². The monoisotopic (exact) mass is 277 g/mol. The number of aliphatic carboxylic acids is 1. The molecule has 1 aliphatic heterocycles. The first kappa shape index (κ1) is 14.9. The molecule has 1 aliphatic rings. The number of carbonyl (C=O) groups is 1. The van der Waals surface area contributed by atoms with Crippen LogP contribution in [-0.2, 0) is 4.79 Å². The largest absolute Gasteiger partial charge is 0.508 e. The van der Waals surface area contributed by atoms with E-state index in [9.17, 15) is 9.90 Å². The lowest BCUT2D eigenvalue weighted by molar-refractivity contribution is -0.137. The van der Waals surface area contributed by atoms with Gasteiger partial charge in [-0.25, -0.2) is 0 Å². The third-order valence-electron chi connectivity index (χ3n) is 4.21. The number of hydrogen-bond acceptors (Lipinski definition) is 3. The van der Waals surface area contributed by atoms with Crippen LogP contribution in [0.25, 0.3) is 0 Å². The van der Waals surface area contributed by atoms with Crippen LogP contribution in [0.4, 0.5) is 0 Å². The number of likely N-dealkylation sites (tertiary alicyclic amines) is 1. The van der Waals surface area contributed by atoms with Crippen LogP contribution in [0.15, 0.2) is 24.3 Å². The second-order valence-electron chi connectivity index (χ2n) is 5.56. The highest BCUT2D eigenvalue weighted by molar-refractivity contribution is 5.66. The van der Waals surface area contributed by atoms with Crippen molar-refractivity contribution in [2.45, 2.75) is 38.6 Å². The van der Waals surface area contributed by atoms with Crippen molar-refractivity contribution in [3.8, 4) is 5.75 Å². The van der Waals surface area contributed by atoms with Gasteiger partial charge in [-0.2, -0.15) is 0 Å². The summed E-state index contributed by atoms with van der Waals surface area (Å²) in [6, 6.07) is 7.73. The molecular formula is C16H23NO3. The summed E-state index contributed by atoms with van der Waals surface area (Å²) in [5.41, 5.74) is 0.980. The van der Waals surface area contributed by atoms with Crippen LogP contribution in [0.5, 0.6) is 5.75 Å². The van der Waals surface area contributed by atoms with E-state index in [0.717, 1.165) is 37.9 Å². The second kappa shape index (κ2) is 6.75. The van der Waals surface area contributed by atoms with Crippen LogP contribution < -0.4 is 0 Å². The number of aromatic hydroxyl groups is 1. The van der Waals surface area contributed by atoms with Crippen LogP contribution in [-0.4, -0.2) is 34.2 Å². The molecule has 4 nitrogen and oxygen atoms in total. The van der Waals surface area contributed by atoms with E-state index in [2.05, 4.69) is 11.8 Å². The maximum atomic E-state index is 10.6. The highest BCUT2D eigenvalue weighted by Crippen LogP contribution is 2.35. The van der Waals surface area contributed by atoms with Gasteiger partial charge in [-0.15, -0.1) is 0 Å². The Balaban J connectivity index is 2.00. The molecule has 0 aromatic heterocycles. The summed E-state index contributed by atoms with van der Waals surface area (Å²) in [6.45, 7) is 4.04. The van der Waals surface area contributed by atoms with Crippen LogP contribution >= 0.6 is 0 Å². The lowest BCUT2D eigenvalue weighted by atomic mass is 10.0. The van der Waals surface area contributed by atoms with Crippen molar-refractivity contribution in [2.24, 2.45) is 5.92 Å². The third-order valence-corrected chi connectivity index (χ3v) is 4.21. The van der Waals surface area contributed by atoms with E-state index in [1.54, 1.807) is 6.07 Å². The summed E-state index contributed by atoms with van der Waals surface area (Å²) < 4.78 is 0. The lowest BCUT2D eigenvalue weighted by Gasteiger charge is -2.28. The summed E-state index contributed by atoms with van der Waals surface area (Å²) in [4.78, 5) is 13.0. The number of hydrogen-bond donors (Lipinski definition) is 2. The second-order valence-corrected chi connectivity index (χ2v) is 5.56. The molecule has 1 saturated heterocycles. The Kier molecular flexibility index (Phi) is 5.01. The van der Waals surface area contributed by atoms with Gasteiger partial charge in [0.15, 0.2) is 0 Å². The van der Waals surface area contributed by atoms with E-state index in [1.165, 1.54) is 0 Å². The van der Waals surface area contributed by atoms with E-state index >= 15 is 0 Å². The number of rotatable bonds is 6. The fraction of sp³-hybridized carbons (Fsp3) is 0.562. The van der Waals surface area contributed by atoms with Gasteiger partial charge in [0, 0.05) is 24.6 Å². The Morgan fingerprint density at radius 2 is 2.20 bits per heavy atom. The van der Waals surface area contributed by atoms with Gasteiger partial charge in [0.2, 0.25) is 0 Å². The lowest BCUT2D eigenvalue weighted by Crippen LogP contribution is -2.26. The molecule has 4 heteroatoms. The van der Waals surface area contributed by atoms with Crippen LogP contribution in [0.3, 0.4) is 0 Å². The van der Waals surface area contributed by atoms with Crippen molar-refractivity contribution in [3.63, 3.8) is 0 Å². The summed E-state index contributed by atoms with van der Waals surface area (Å²) in [5, 5.41) is 18.8. The molecular weight excluding hydrogens is 254 g/mol. The van der Waals surface area contributed by atoms with Gasteiger partial charge in [0.25, 0.3) is 0 Å². The summed E-state index contributed by atoms with van der Waals surface area (Å²) >= 11 is 0. The van der Waals surface area contributed by atoms with Gasteiger partial charge < -0.3 is 10.2 Å². The normalized spacial score (nSPS) is 20.9. The van der Waals surface area contributed by atoms with Crippen molar-refractivity contribution < 1.29 is 15.0 Å². The number of para-hydroxylation sites is 1. The van der Waals surface area contributed by atoms with E-state index in [1.807, 2.05) is 18.2 Å². The molecule has 1 heterocycles. The molecule has 1 aromatic rings. The number of phenolic OH excluding ortho intramolecular Hbond substituents is 1. The summed E-state index contributed by atoms with van der Waals surface area (Å²) in [7, 11) is 0. The molecule has 2 rings (SSSR count). The van der Waals surface area contributed by atoms with Gasteiger partial charge in [0.1, 0.15) is 5.75 Å². The first-order chi connectivity index (χ1) is 9.61. The molecule has 0 spiro atoms. The zero-order chi connectivity index (χ0) is 14.5. The highest BCUT2D eigenvalue weighted by Gasteiger charge is 2.29. The Hall–Kier alpha value is -1.55. The fourth-order valence-corrected chi connectivity index (χ4v) is 3.15. The topological polar surface area (TPSA) is 60.8 Å². The number of carboxylic acids is 1. The van der Waals surface area contributed by atoms with Crippen molar-refractivity contribution in [3.05, 3.63) is 29.8 Å². The molecule has 1 aromatic carbocycles. The zero-order valence-corrected chi connectivity index (χ0v) is 12.0. The number of benzene rings is 1. The van der Waals surface area contributed by atoms with Gasteiger partial charge in [-0.05, 0) is 37.8 Å². The van der Waals surface area contributed by atoms with Gasteiger partial charge in [-0.3, -0.25) is 9.69 Å². The van der Waals surface area contributed by atoms with Crippen LogP contribution in [0.1, 0.15) is 44.2 Å². The fourth-order valence-electron chi connectivity index (χ4n) is 3.15. The highest BCUT2D eigenvalue weighted by atomic mass is 16.4. The minimum absolute atomic E-state index is 0.228. The Bertz CT molecular complexity index is 461. The molecule has 0 saturated carbocycles. The van der Waals surface area contributed by atoms with Crippen LogP contribution in [0, 0.1) is 5.92 Å². The standard InChI is InChI=1S/C16H23NO3/c1-2-14(13-5-3-4-6-15(13)18)17-10-9-12(11-17)7-8-16(19)20/h3-6,12,14,18H,2,7-11H2,1H3,(H,19,20). The molecule has 110 valence electrons. The third kappa shape index (κ3) is 3.51. The van der Waals surface area contributed by atoms with E-state index in [0.29, 0.717) is 11.7 Å². The van der Waals surface area contributed by atoms with Gasteiger partial charge in [0.05, 0.1) is 0 Å². The molecule has 0 radical (unpaired) electrons. The van der Waals surface area contributed by atoms with Gasteiger partial charge >= 0.3 is 5.97 Å². The van der Waals surface area contributed by atoms with Crippen molar-refractivity contribution in [2.75, 3.05) is 13.1 Å². The maximum absolute atomic E-state index is 10.6. The van der Waals surface area contributed by atoms with Gasteiger partial charge in [-0.1, -0.05) is 25.1 Å². The predicted octanol–water partition coefficient (Wildman–Crippen LogP) is 3.03. The predicted molar refractivity (Wildman–Crippen MR) is 77.7 cm³/mol. The molecule has 20 heavy (non-hydrogen) atoms. The average molecular weight is 277 g/mol. The van der Waals surface area contributed by atoms with E-state index < -0.39 is 5.97 Å². The Morgan fingerprint density at radius 3 is 2.85 bits per heavy atom. The molecule has 0 bridgehead atoms. The molecule has 2 unspecified atom stereocenters. The summed E-state index contributed by atoms with van der Waals surface area (Å²) in [6.07, 6.45) is 3.01. The minimum Gasteiger partial charge on any atom is -0.508 e. The molecule has 2 N–H and O–H groups in total. The first-order valence-electron chi connectivity index (χ1n) is 7.35. The molecule has 1 fully saturated rings. The SMILES string of the molecule is CCC(c1ccccc1O)N1CCC(CCC(=O)O)C1.